The third kappa shape index (κ3) is 3.46. The van der Waals surface area contributed by atoms with E-state index in [1.54, 1.807) is 0 Å². The first-order valence-electron chi connectivity index (χ1n) is 6.35. The van der Waals surface area contributed by atoms with Gasteiger partial charge >= 0.3 is 0 Å². The Kier molecular flexibility index (Phi) is 4.46. The Morgan fingerprint density at radius 1 is 1.35 bits per heavy atom. The van der Waals surface area contributed by atoms with Crippen molar-refractivity contribution in [2.45, 2.75) is 19.8 Å². The lowest BCUT2D eigenvalue weighted by Gasteiger charge is -2.29. The predicted octanol–water partition coefficient (Wildman–Crippen LogP) is 3.19. The van der Waals surface area contributed by atoms with Crippen molar-refractivity contribution in [1.82, 2.24) is 5.32 Å². The van der Waals surface area contributed by atoms with E-state index in [1.165, 1.54) is 41.7 Å². The molecule has 1 fully saturated rings. The van der Waals surface area contributed by atoms with Crippen LogP contribution in [0.15, 0.2) is 22.7 Å². The molecule has 3 heteroatoms. The van der Waals surface area contributed by atoms with Crippen LogP contribution in [0.4, 0.5) is 5.69 Å². The number of halogens is 1. The molecule has 1 aliphatic heterocycles. The maximum atomic E-state index is 3.66. The molecule has 0 amide bonds. The monoisotopic (exact) mass is 296 g/mol. The molecule has 0 unspecified atom stereocenters. The summed E-state index contributed by atoms with van der Waals surface area (Å²) in [5.41, 5.74) is 2.60. The largest absolute Gasteiger partial charge is 0.373 e. The first-order valence-corrected chi connectivity index (χ1v) is 7.14. The Hall–Kier alpha value is -0.540. The minimum Gasteiger partial charge on any atom is -0.373 e. The van der Waals surface area contributed by atoms with Crippen LogP contribution in [0.1, 0.15) is 18.4 Å². The summed E-state index contributed by atoms with van der Waals surface area (Å²) in [4.78, 5) is 2.37. The number of rotatable bonds is 3. The van der Waals surface area contributed by atoms with Gasteiger partial charge in [-0.05, 0) is 72.4 Å². The van der Waals surface area contributed by atoms with Gasteiger partial charge in [-0.1, -0.05) is 6.07 Å². The van der Waals surface area contributed by atoms with E-state index in [-0.39, 0.29) is 0 Å². The van der Waals surface area contributed by atoms with E-state index in [9.17, 15) is 0 Å². The van der Waals surface area contributed by atoms with Crippen LogP contribution in [0.25, 0.3) is 0 Å². The molecule has 0 aliphatic carbocycles. The fourth-order valence-corrected chi connectivity index (χ4v) is 3.27. The number of anilines is 1. The molecule has 0 radical (unpaired) electrons. The summed E-state index contributed by atoms with van der Waals surface area (Å²) in [7, 11) is 2.19. The second-order valence-corrected chi connectivity index (χ2v) is 5.88. The van der Waals surface area contributed by atoms with Gasteiger partial charge in [0.15, 0.2) is 0 Å². The zero-order valence-electron chi connectivity index (χ0n) is 10.7. The van der Waals surface area contributed by atoms with Gasteiger partial charge in [0.05, 0.1) is 5.69 Å². The fraction of sp³-hybridized carbons (Fsp3) is 0.571. The molecule has 17 heavy (non-hydrogen) atoms. The number of hydrogen-bond donors (Lipinski definition) is 1. The Balaban J connectivity index is 2.00. The van der Waals surface area contributed by atoms with Gasteiger partial charge in [0.1, 0.15) is 0 Å². The highest BCUT2D eigenvalue weighted by atomic mass is 79.9. The second kappa shape index (κ2) is 5.87. The molecule has 1 saturated heterocycles. The number of aryl methyl sites for hydroxylation is 1. The molecule has 0 aromatic heterocycles. The minimum atomic E-state index is 0.828. The Labute approximate surface area is 113 Å². The molecular weight excluding hydrogens is 276 g/mol. The average Bonchev–Trinajstić information content (AvgIpc) is 2.30. The summed E-state index contributed by atoms with van der Waals surface area (Å²) in [5, 5.41) is 3.42. The molecule has 1 aliphatic rings. The highest BCUT2D eigenvalue weighted by Crippen LogP contribution is 2.27. The number of hydrogen-bond acceptors (Lipinski definition) is 2. The summed E-state index contributed by atoms with van der Waals surface area (Å²) in [5.74, 6) is 0.828. The summed E-state index contributed by atoms with van der Waals surface area (Å²) in [6.45, 7) is 5.63. The van der Waals surface area contributed by atoms with Crippen LogP contribution in [0.3, 0.4) is 0 Å². The number of benzene rings is 1. The third-order valence-corrected chi connectivity index (χ3v) is 4.14. The van der Waals surface area contributed by atoms with Crippen molar-refractivity contribution in [2.24, 2.45) is 5.92 Å². The van der Waals surface area contributed by atoms with E-state index in [0.29, 0.717) is 0 Å². The normalized spacial score (nSPS) is 17.1. The molecule has 94 valence electrons. The van der Waals surface area contributed by atoms with Crippen LogP contribution < -0.4 is 10.2 Å². The van der Waals surface area contributed by atoms with Crippen molar-refractivity contribution in [3.63, 3.8) is 0 Å². The smallest absolute Gasteiger partial charge is 0.0508 e. The molecule has 0 bridgehead atoms. The quantitative estimate of drug-likeness (QED) is 0.921. The Morgan fingerprint density at radius 3 is 2.71 bits per heavy atom. The molecule has 1 heterocycles. The molecule has 0 spiro atoms. The predicted molar refractivity (Wildman–Crippen MR) is 77.7 cm³/mol. The van der Waals surface area contributed by atoms with Crippen molar-refractivity contribution < 1.29 is 0 Å². The fourth-order valence-electron chi connectivity index (χ4n) is 2.47. The van der Waals surface area contributed by atoms with E-state index in [1.807, 2.05) is 0 Å². The van der Waals surface area contributed by atoms with Crippen molar-refractivity contribution >= 4 is 21.6 Å². The lowest BCUT2D eigenvalue weighted by molar-refractivity contribution is 0.378. The second-order valence-electron chi connectivity index (χ2n) is 5.03. The highest BCUT2D eigenvalue weighted by Gasteiger charge is 2.16. The van der Waals surface area contributed by atoms with Crippen molar-refractivity contribution in [3.05, 3.63) is 28.2 Å². The number of nitrogens with one attached hydrogen (secondary N) is 1. The molecule has 1 aromatic rings. The van der Waals surface area contributed by atoms with Gasteiger partial charge in [0.2, 0.25) is 0 Å². The van der Waals surface area contributed by atoms with Gasteiger partial charge in [0, 0.05) is 18.1 Å². The maximum Gasteiger partial charge on any atom is 0.0508 e. The average molecular weight is 297 g/mol. The van der Waals surface area contributed by atoms with Gasteiger partial charge < -0.3 is 10.2 Å². The van der Waals surface area contributed by atoms with Crippen molar-refractivity contribution in [1.29, 1.82) is 0 Å². The first kappa shape index (κ1) is 12.9. The van der Waals surface area contributed by atoms with Gasteiger partial charge in [-0.2, -0.15) is 0 Å². The molecule has 2 rings (SSSR count). The van der Waals surface area contributed by atoms with Crippen LogP contribution >= 0.6 is 15.9 Å². The third-order valence-electron chi connectivity index (χ3n) is 3.51. The Morgan fingerprint density at radius 2 is 2.06 bits per heavy atom. The van der Waals surface area contributed by atoms with E-state index in [4.69, 9.17) is 0 Å². The van der Waals surface area contributed by atoms with E-state index in [2.05, 4.69) is 58.3 Å². The van der Waals surface area contributed by atoms with Crippen molar-refractivity contribution in [3.8, 4) is 0 Å². The standard InChI is InChI=1S/C14H21BrN2/c1-11-3-4-14(13(15)9-11)17(2)10-12-5-7-16-8-6-12/h3-4,9,12,16H,5-8,10H2,1-2H3. The zero-order valence-corrected chi connectivity index (χ0v) is 12.3. The van der Waals surface area contributed by atoms with Gasteiger partial charge in [-0.3, -0.25) is 0 Å². The lowest BCUT2D eigenvalue weighted by Crippen LogP contribution is -2.34. The summed E-state index contributed by atoms with van der Waals surface area (Å²) in [6, 6.07) is 6.58. The van der Waals surface area contributed by atoms with Crippen molar-refractivity contribution in [2.75, 3.05) is 31.6 Å². The summed E-state index contributed by atoms with van der Waals surface area (Å²) in [6.07, 6.45) is 2.60. The van der Waals surface area contributed by atoms with Crippen LogP contribution in [0.5, 0.6) is 0 Å². The molecule has 1 aromatic carbocycles. The van der Waals surface area contributed by atoms with Crippen LogP contribution in [-0.4, -0.2) is 26.7 Å². The summed E-state index contributed by atoms with van der Waals surface area (Å²) < 4.78 is 1.20. The van der Waals surface area contributed by atoms with Gasteiger partial charge in [-0.15, -0.1) is 0 Å². The molecular formula is C14H21BrN2. The van der Waals surface area contributed by atoms with E-state index < -0.39 is 0 Å². The van der Waals surface area contributed by atoms with Crippen LogP contribution in [0, 0.1) is 12.8 Å². The topological polar surface area (TPSA) is 15.3 Å². The minimum absolute atomic E-state index is 0.828. The molecule has 1 N–H and O–H groups in total. The summed E-state index contributed by atoms with van der Waals surface area (Å²) >= 11 is 3.66. The maximum absolute atomic E-state index is 3.66. The van der Waals surface area contributed by atoms with Crippen LogP contribution in [0.2, 0.25) is 0 Å². The Bertz CT molecular complexity index is 372. The van der Waals surface area contributed by atoms with E-state index >= 15 is 0 Å². The number of piperidine rings is 1. The van der Waals surface area contributed by atoms with Crippen LogP contribution in [-0.2, 0) is 0 Å². The van der Waals surface area contributed by atoms with Gasteiger partial charge in [-0.25, -0.2) is 0 Å². The zero-order chi connectivity index (χ0) is 12.3. The lowest BCUT2D eigenvalue weighted by atomic mass is 9.97. The number of nitrogens with zero attached hydrogens (tertiary/aromatic N) is 1. The van der Waals surface area contributed by atoms with Gasteiger partial charge in [0.25, 0.3) is 0 Å². The highest BCUT2D eigenvalue weighted by molar-refractivity contribution is 9.10. The SMILES string of the molecule is Cc1ccc(N(C)CC2CCNCC2)c(Br)c1. The molecule has 0 saturated carbocycles. The molecule has 2 nitrogen and oxygen atoms in total. The molecule has 0 atom stereocenters. The first-order chi connectivity index (χ1) is 8.16. The van der Waals surface area contributed by atoms with E-state index in [0.717, 1.165) is 12.5 Å².